The van der Waals surface area contributed by atoms with Crippen LogP contribution >= 0.6 is 15.9 Å². The summed E-state index contributed by atoms with van der Waals surface area (Å²) < 4.78 is 6.62. The van der Waals surface area contributed by atoms with Gasteiger partial charge in [-0.2, -0.15) is 0 Å². The third-order valence-electron chi connectivity index (χ3n) is 2.78. The average molecular weight is 303 g/mol. The fraction of sp³-hybridized carbons (Fsp3) is 0.0714. The van der Waals surface area contributed by atoms with Gasteiger partial charge in [-0.25, -0.2) is 4.98 Å². The van der Waals surface area contributed by atoms with Gasteiger partial charge in [-0.05, 0) is 31.2 Å². The lowest BCUT2D eigenvalue weighted by Gasteiger charge is -1.95. The number of halogens is 1. The van der Waals surface area contributed by atoms with Crippen LogP contribution in [0.25, 0.3) is 22.6 Å². The molecule has 1 heterocycles. The topological polar surface area (TPSA) is 52.0 Å². The minimum absolute atomic E-state index is 0.588. The molecule has 2 N–H and O–H groups in total. The summed E-state index contributed by atoms with van der Waals surface area (Å²) in [5.41, 5.74) is 10.0. The Balaban J connectivity index is 2.19. The number of hydrogen-bond acceptors (Lipinski definition) is 3. The summed E-state index contributed by atoms with van der Waals surface area (Å²) >= 11 is 3.40. The van der Waals surface area contributed by atoms with Crippen LogP contribution in [0.1, 0.15) is 5.56 Å². The van der Waals surface area contributed by atoms with E-state index < -0.39 is 0 Å². The van der Waals surface area contributed by atoms with Crippen molar-refractivity contribution in [3.8, 4) is 11.5 Å². The minimum atomic E-state index is 0.588. The third-order valence-corrected chi connectivity index (χ3v) is 3.24. The van der Waals surface area contributed by atoms with Crippen LogP contribution in [0.4, 0.5) is 5.69 Å². The number of aryl methyl sites for hydroxylation is 1. The van der Waals surface area contributed by atoms with Crippen molar-refractivity contribution in [1.82, 2.24) is 4.98 Å². The molecule has 3 aromatic rings. The van der Waals surface area contributed by atoms with Crippen LogP contribution in [0.15, 0.2) is 45.3 Å². The highest BCUT2D eigenvalue weighted by molar-refractivity contribution is 9.10. The quantitative estimate of drug-likeness (QED) is 0.687. The fourth-order valence-electron chi connectivity index (χ4n) is 1.84. The summed E-state index contributed by atoms with van der Waals surface area (Å²) in [6.45, 7) is 2.05. The summed E-state index contributed by atoms with van der Waals surface area (Å²) in [6, 6.07) is 11.8. The zero-order valence-electron chi connectivity index (χ0n) is 9.77. The molecule has 18 heavy (non-hydrogen) atoms. The van der Waals surface area contributed by atoms with Crippen LogP contribution in [0.5, 0.6) is 0 Å². The number of oxazole rings is 1. The highest BCUT2D eigenvalue weighted by atomic mass is 79.9. The van der Waals surface area contributed by atoms with Crippen molar-refractivity contribution in [2.45, 2.75) is 6.92 Å². The number of nitrogens with zero attached hydrogens (tertiary/aromatic N) is 1. The number of aromatic nitrogens is 1. The Bertz CT molecular complexity index is 716. The first-order valence-corrected chi connectivity index (χ1v) is 6.35. The maximum absolute atomic E-state index is 5.91. The molecule has 3 nitrogen and oxygen atoms in total. The van der Waals surface area contributed by atoms with Gasteiger partial charge < -0.3 is 10.2 Å². The lowest BCUT2D eigenvalue weighted by molar-refractivity contribution is 0.621. The van der Waals surface area contributed by atoms with Crippen LogP contribution in [-0.2, 0) is 0 Å². The molecule has 0 saturated carbocycles. The van der Waals surface area contributed by atoms with E-state index in [4.69, 9.17) is 10.2 Å². The zero-order valence-corrected chi connectivity index (χ0v) is 11.4. The van der Waals surface area contributed by atoms with Crippen LogP contribution in [0.2, 0.25) is 0 Å². The Morgan fingerprint density at radius 3 is 2.61 bits per heavy atom. The van der Waals surface area contributed by atoms with E-state index in [-0.39, 0.29) is 0 Å². The van der Waals surface area contributed by atoms with Gasteiger partial charge >= 0.3 is 0 Å². The van der Waals surface area contributed by atoms with Gasteiger partial charge in [0.15, 0.2) is 5.58 Å². The summed E-state index contributed by atoms with van der Waals surface area (Å²) in [5, 5.41) is 0. The van der Waals surface area contributed by atoms with E-state index in [0.29, 0.717) is 17.2 Å². The highest BCUT2D eigenvalue weighted by Gasteiger charge is 2.11. The first kappa shape index (κ1) is 11.3. The van der Waals surface area contributed by atoms with E-state index in [9.17, 15) is 0 Å². The van der Waals surface area contributed by atoms with E-state index in [1.807, 2.05) is 43.3 Å². The molecule has 0 spiro atoms. The molecule has 1 aromatic heterocycles. The standard InChI is InChI=1S/C14H11BrN2O/c1-8-2-4-9(5-3-8)14-17-12-7-10(15)6-11(16)13(12)18-14/h2-7H,16H2,1H3. The normalized spacial score (nSPS) is 11.0. The number of nitrogens with two attached hydrogens (primary N) is 1. The number of anilines is 1. The molecule has 0 aliphatic heterocycles. The number of nitrogen functional groups attached to an aromatic ring is 1. The first-order chi connectivity index (χ1) is 8.63. The van der Waals surface area contributed by atoms with Gasteiger partial charge in [-0.3, -0.25) is 0 Å². The summed E-state index contributed by atoms with van der Waals surface area (Å²) in [5.74, 6) is 0.592. The highest BCUT2D eigenvalue weighted by Crippen LogP contribution is 2.30. The Morgan fingerprint density at radius 1 is 1.17 bits per heavy atom. The van der Waals surface area contributed by atoms with E-state index in [0.717, 1.165) is 15.6 Å². The maximum atomic E-state index is 5.91. The predicted octanol–water partition coefficient (Wildman–Crippen LogP) is 4.15. The predicted molar refractivity (Wildman–Crippen MR) is 76.3 cm³/mol. The smallest absolute Gasteiger partial charge is 0.227 e. The van der Waals surface area contributed by atoms with Crippen LogP contribution in [-0.4, -0.2) is 4.98 Å². The Morgan fingerprint density at radius 2 is 1.89 bits per heavy atom. The van der Waals surface area contributed by atoms with Crippen molar-refractivity contribution in [3.63, 3.8) is 0 Å². The molecule has 2 aromatic carbocycles. The van der Waals surface area contributed by atoms with Gasteiger partial charge in [0.05, 0.1) is 5.69 Å². The molecule has 0 radical (unpaired) electrons. The molecule has 90 valence electrons. The number of benzene rings is 2. The van der Waals surface area contributed by atoms with Gasteiger partial charge in [-0.15, -0.1) is 0 Å². The van der Waals surface area contributed by atoms with Crippen LogP contribution in [0, 0.1) is 6.92 Å². The van der Waals surface area contributed by atoms with Gasteiger partial charge in [-0.1, -0.05) is 33.6 Å². The zero-order chi connectivity index (χ0) is 12.7. The summed E-state index contributed by atoms with van der Waals surface area (Å²) in [4.78, 5) is 4.46. The van der Waals surface area contributed by atoms with Crippen molar-refractivity contribution in [3.05, 3.63) is 46.4 Å². The van der Waals surface area contributed by atoms with Crippen molar-refractivity contribution in [2.75, 3.05) is 5.73 Å². The Hall–Kier alpha value is -1.81. The average Bonchev–Trinajstić information content (AvgIpc) is 2.74. The number of rotatable bonds is 1. The minimum Gasteiger partial charge on any atom is -0.434 e. The number of fused-ring (bicyclic) bond motifs is 1. The van der Waals surface area contributed by atoms with Crippen LogP contribution in [0.3, 0.4) is 0 Å². The monoisotopic (exact) mass is 302 g/mol. The largest absolute Gasteiger partial charge is 0.434 e. The van der Waals surface area contributed by atoms with Crippen molar-refractivity contribution in [2.24, 2.45) is 0 Å². The Kier molecular flexibility index (Phi) is 2.59. The molecule has 0 unspecified atom stereocenters. The molecule has 0 amide bonds. The first-order valence-electron chi connectivity index (χ1n) is 5.56. The Labute approximate surface area is 113 Å². The molecule has 4 heteroatoms. The SMILES string of the molecule is Cc1ccc(-c2nc3cc(Br)cc(N)c3o2)cc1. The molecule has 0 saturated heterocycles. The summed E-state index contributed by atoms with van der Waals surface area (Å²) in [7, 11) is 0. The second kappa shape index (κ2) is 4.14. The van der Waals surface area contributed by atoms with E-state index >= 15 is 0 Å². The van der Waals surface area contributed by atoms with E-state index in [2.05, 4.69) is 20.9 Å². The van der Waals surface area contributed by atoms with Gasteiger partial charge in [0.1, 0.15) is 5.52 Å². The van der Waals surface area contributed by atoms with Crippen LogP contribution < -0.4 is 5.73 Å². The van der Waals surface area contributed by atoms with E-state index in [1.165, 1.54) is 5.56 Å². The molecule has 0 fully saturated rings. The van der Waals surface area contributed by atoms with Crippen molar-refractivity contribution >= 4 is 32.7 Å². The van der Waals surface area contributed by atoms with Gasteiger partial charge in [0, 0.05) is 10.0 Å². The second-order valence-electron chi connectivity index (χ2n) is 4.23. The van der Waals surface area contributed by atoms with E-state index in [1.54, 1.807) is 0 Å². The maximum Gasteiger partial charge on any atom is 0.227 e. The molecular formula is C14H11BrN2O. The summed E-state index contributed by atoms with van der Waals surface area (Å²) in [6.07, 6.45) is 0. The van der Waals surface area contributed by atoms with Gasteiger partial charge in [0.2, 0.25) is 5.89 Å². The lowest BCUT2D eigenvalue weighted by atomic mass is 10.1. The second-order valence-corrected chi connectivity index (χ2v) is 5.14. The number of hydrogen-bond donors (Lipinski definition) is 1. The van der Waals surface area contributed by atoms with Crippen molar-refractivity contribution < 1.29 is 4.42 Å². The fourth-order valence-corrected chi connectivity index (χ4v) is 2.31. The molecule has 0 bridgehead atoms. The molecular weight excluding hydrogens is 292 g/mol. The molecule has 3 rings (SSSR count). The molecule has 0 aliphatic carbocycles. The lowest BCUT2D eigenvalue weighted by Crippen LogP contribution is -1.84. The molecule has 0 atom stereocenters. The van der Waals surface area contributed by atoms with Crippen molar-refractivity contribution in [1.29, 1.82) is 0 Å². The van der Waals surface area contributed by atoms with Gasteiger partial charge in [0.25, 0.3) is 0 Å². The molecule has 0 aliphatic rings. The third kappa shape index (κ3) is 1.88.